The molecule has 0 radical (unpaired) electrons. The topological polar surface area (TPSA) is 58.6 Å². The predicted molar refractivity (Wildman–Crippen MR) is 86.6 cm³/mol. The first-order valence-corrected chi connectivity index (χ1v) is 7.11. The third kappa shape index (κ3) is 3.27. The summed E-state index contributed by atoms with van der Waals surface area (Å²) in [5.41, 5.74) is 0.402. The highest BCUT2D eigenvalue weighted by Gasteiger charge is 2.13. The fourth-order valence-corrected chi connectivity index (χ4v) is 2.39. The number of carbonyl (C=O) groups is 1. The Hall–Kier alpha value is -3.15. The molecule has 0 aromatic heterocycles. The van der Waals surface area contributed by atoms with Crippen molar-refractivity contribution in [1.29, 1.82) is 0 Å². The number of rotatable bonds is 4. The summed E-state index contributed by atoms with van der Waals surface area (Å²) in [4.78, 5) is 12.4. The molecule has 0 atom stereocenters. The van der Waals surface area contributed by atoms with E-state index in [0.717, 1.165) is 5.39 Å². The van der Waals surface area contributed by atoms with Crippen LogP contribution in [-0.4, -0.2) is 17.6 Å². The van der Waals surface area contributed by atoms with Crippen LogP contribution in [0.3, 0.4) is 0 Å². The first kappa shape index (κ1) is 15.7. The number of aromatic hydroxyl groups is 1. The molecule has 0 saturated heterocycles. The van der Waals surface area contributed by atoms with Crippen molar-refractivity contribution in [3.8, 4) is 11.5 Å². The van der Waals surface area contributed by atoms with Crippen LogP contribution in [0.2, 0.25) is 0 Å². The van der Waals surface area contributed by atoms with Gasteiger partial charge in [-0.05, 0) is 29.7 Å². The molecule has 3 aromatic rings. The molecule has 0 fully saturated rings. The van der Waals surface area contributed by atoms with Gasteiger partial charge in [-0.1, -0.05) is 36.4 Å². The normalized spacial score (nSPS) is 10.8. The van der Waals surface area contributed by atoms with E-state index in [9.17, 15) is 18.7 Å². The number of hydrogen-bond donors (Lipinski definition) is 2. The zero-order chi connectivity index (χ0) is 17.1. The summed E-state index contributed by atoms with van der Waals surface area (Å²) in [6.07, 6.45) is 0. The smallest absolute Gasteiger partial charge is 0.387 e. The Morgan fingerprint density at radius 1 is 1.04 bits per heavy atom. The molecule has 4 nitrogen and oxygen atoms in total. The van der Waals surface area contributed by atoms with E-state index < -0.39 is 12.5 Å². The second kappa shape index (κ2) is 6.54. The van der Waals surface area contributed by atoms with Crippen molar-refractivity contribution in [3.63, 3.8) is 0 Å². The number of ether oxygens (including phenoxy) is 1. The number of nitrogens with one attached hydrogen (secondary N) is 1. The zero-order valence-corrected chi connectivity index (χ0v) is 12.4. The molecule has 3 rings (SSSR count). The number of hydrogen-bond acceptors (Lipinski definition) is 3. The van der Waals surface area contributed by atoms with Crippen LogP contribution in [0.4, 0.5) is 14.5 Å². The lowest BCUT2D eigenvalue weighted by Gasteiger charge is -2.11. The van der Waals surface area contributed by atoms with Gasteiger partial charge in [-0.3, -0.25) is 4.79 Å². The molecule has 0 heterocycles. The summed E-state index contributed by atoms with van der Waals surface area (Å²) in [5, 5.41) is 14.2. The summed E-state index contributed by atoms with van der Waals surface area (Å²) in [7, 11) is 0. The van der Waals surface area contributed by atoms with Crippen LogP contribution in [0.25, 0.3) is 10.8 Å². The maximum Gasteiger partial charge on any atom is 0.387 e. The van der Waals surface area contributed by atoms with Crippen LogP contribution in [0.15, 0.2) is 60.7 Å². The highest BCUT2D eigenvalue weighted by molar-refractivity contribution is 6.10. The average molecular weight is 329 g/mol. The van der Waals surface area contributed by atoms with Crippen molar-refractivity contribution in [1.82, 2.24) is 0 Å². The molecule has 0 unspecified atom stereocenters. The molecule has 0 aliphatic rings. The summed E-state index contributed by atoms with van der Waals surface area (Å²) in [5.74, 6) is -0.733. The molecule has 3 aromatic carbocycles. The van der Waals surface area contributed by atoms with Crippen molar-refractivity contribution in [3.05, 3.63) is 66.2 Å². The van der Waals surface area contributed by atoms with E-state index in [1.54, 1.807) is 18.2 Å². The largest absolute Gasteiger partial charge is 0.506 e. The highest BCUT2D eigenvalue weighted by Crippen LogP contribution is 2.32. The summed E-state index contributed by atoms with van der Waals surface area (Å²) in [6.45, 7) is -2.97. The van der Waals surface area contributed by atoms with Crippen molar-refractivity contribution < 1.29 is 23.4 Å². The Bertz CT molecular complexity index is 896. The van der Waals surface area contributed by atoms with E-state index in [-0.39, 0.29) is 22.7 Å². The maximum absolute atomic E-state index is 12.4. The van der Waals surface area contributed by atoms with Gasteiger partial charge in [-0.15, -0.1) is 0 Å². The Morgan fingerprint density at radius 2 is 1.83 bits per heavy atom. The number of phenolic OH excluding ortho intramolecular Hbond substituents is 1. The number of alkyl halides is 2. The van der Waals surface area contributed by atoms with Crippen molar-refractivity contribution in [2.75, 3.05) is 5.32 Å². The van der Waals surface area contributed by atoms with Gasteiger partial charge in [0.25, 0.3) is 5.91 Å². The van der Waals surface area contributed by atoms with Gasteiger partial charge < -0.3 is 15.2 Å². The Labute approximate surface area is 136 Å². The number of benzene rings is 3. The van der Waals surface area contributed by atoms with Crippen molar-refractivity contribution in [2.45, 2.75) is 6.61 Å². The molecule has 0 aliphatic carbocycles. The minimum absolute atomic E-state index is 0.0814. The molecule has 0 aliphatic heterocycles. The third-order valence-corrected chi connectivity index (χ3v) is 3.47. The van der Waals surface area contributed by atoms with Crippen LogP contribution in [-0.2, 0) is 0 Å². The first-order valence-electron chi connectivity index (χ1n) is 7.11. The quantitative estimate of drug-likeness (QED) is 0.698. The summed E-state index contributed by atoms with van der Waals surface area (Å²) >= 11 is 0. The highest BCUT2D eigenvalue weighted by atomic mass is 19.3. The minimum atomic E-state index is -2.97. The van der Waals surface area contributed by atoms with Crippen LogP contribution in [0.1, 0.15) is 10.4 Å². The molecule has 2 N–H and O–H groups in total. The van der Waals surface area contributed by atoms with E-state index in [1.807, 2.05) is 12.1 Å². The van der Waals surface area contributed by atoms with Crippen molar-refractivity contribution >= 4 is 22.4 Å². The number of halogens is 2. The summed E-state index contributed by atoms with van der Waals surface area (Å²) < 4.78 is 28.8. The standard InChI is InChI=1S/C18H13F2NO3/c19-18(20)24-13-6-3-5-12(10-13)17(23)21-16-14-7-2-1-4-11(14)8-9-15(16)22/h1-10,18,22H,(H,21,23). The molecule has 24 heavy (non-hydrogen) atoms. The fraction of sp³-hybridized carbons (Fsp3) is 0.0556. The molecule has 0 spiro atoms. The van der Waals surface area contributed by atoms with Gasteiger partial charge in [0.1, 0.15) is 11.5 Å². The molecule has 1 amide bonds. The molecule has 122 valence electrons. The molecule has 6 heteroatoms. The minimum Gasteiger partial charge on any atom is -0.506 e. The maximum atomic E-state index is 12.4. The number of anilines is 1. The van der Waals surface area contributed by atoms with Crippen LogP contribution < -0.4 is 10.1 Å². The van der Waals surface area contributed by atoms with Gasteiger partial charge >= 0.3 is 6.61 Å². The predicted octanol–water partition coefficient (Wildman–Crippen LogP) is 4.40. The van der Waals surface area contributed by atoms with E-state index in [2.05, 4.69) is 10.1 Å². The van der Waals surface area contributed by atoms with E-state index in [4.69, 9.17) is 0 Å². The third-order valence-electron chi connectivity index (χ3n) is 3.47. The van der Waals surface area contributed by atoms with Gasteiger partial charge in [-0.2, -0.15) is 8.78 Å². The molecular weight excluding hydrogens is 316 g/mol. The van der Waals surface area contributed by atoms with E-state index in [1.165, 1.54) is 30.3 Å². The average Bonchev–Trinajstić information content (AvgIpc) is 2.57. The molecule has 0 saturated carbocycles. The van der Waals surface area contributed by atoms with Crippen LogP contribution in [0, 0.1) is 0 Å². The molecule has 0 bridgehead atoms. The lowest BCUT2D eigenvalue weighted by Crippen LogP contribution is -2.13. The van der Waals surface area contributed by atoms with E-state index >= 15 is 0 Å². The molecular formula is C18H13F2NO3. The Morgan fingerprint density at radius 3 is 2.62 bits per heavy atom. The van der Waals surface area contributed by atoms with Gasteiger partial charge in [0.2, 0.25) is 0 Å². The Balaban J connectivity index is 1.92. The Kier molecular flexibility index (Phi) is 4.29. The van der Waals surface area contributed by atoms with Gasteiger partial charge in [-0.25, -0.2) is 0 Å². The van der Waals surface area contributed by atoms with Crippen LogP contribution >= 0.6 is 0 Å². The van der Waals surface area contributed by atoms with Gasteiger partial charge in [0.15, 0.2) is 0 Å². The monoisotopic (exact) mass is 329 g/mol. The number of fused-ring (bicyclic) bond motifs is 1. The second-order valence-corrected chi connectivity index (χ2v) is 5.04. The summed E-state index contributed by atoms with van der Waals surface area (Å²) in [6, 6.07) is 15.9. The number of amides is 1. The fourth-order valence-electron chi connectivity index (χ4n) is 2.39. The number of carbonyl (C=O) groups excluding carboxylic acids is 1. The second-order valence-electron chi connectivity index (χ2n) is 5.04. The zero-order valence-electron chi connectivity index (χ0n) is 12.4. The lowest BCUT2D eigenvalue weighted by molar-refractivity contribution is -0.0498. The van der Waals surface area contributed by atoms with Gasteiger partial charge in [0.05, 0.1) is 5.69 Å². The number of phenols is 1. The SMILES string of the molecule is O=C(Nc1c(O)ccc2ccccc12)c1cccc(OC(F)F)c1. The van der Waals surface area contributed by atoms with E-state index in [0.29, 0.717) is 5.39 Å². The van der Waals surface area contributed by atoms with Crippen molar-refractivity contribution in [2.24, 2.45) is 0 Å². The van der Waals surface area contributed by atoms with Gasteiger partial charge in [0, 0.05) is 10.9 Å². The first-order chi connectivity index (χ1) is 11.5. The van der Waals surface area contributed by atoms with Crippen LogP contribution in [0.5, 0.6) is 11.5 Å². The lowest BCUT2D eigenvalue weighted by atomic mass is 10.1.